The van der Waals surface area contributed by atoms with Gasteiger partial charge in [-0.3, -0.25) is 9.59 Å². The fourth-order valence-corrected chi connectivity index (χ4v) is 3.10. The Morgan fingerprint density at radius 3 is 2.58 bits per heavy atom. The van der Waals surface area contributed by atoms with Crippen LogP contribution in [0, 0.1) is 0 Å². The first-order valence-electron chi connectivity index (χ1n) is 7.40. The van der Waals surface area contributed by atoms with Crippen LogP contribution in [0.3, 0.4) is 0 Å². The topological polar surface area (TPSA) is 112 Å². The minimum atomic E-state index is -1.05. The summed E-state index contributed by atoms with van der Waals surface area (Å²) in [6, 6.07) is 11.3. The van der Waals surface area contributed by atoms with Gasteiger partial charge >= 0.3 is 5.97 Å². The molecule has 132 valence electrons. The van der Waals surface area contributed by atoms with Crippen LogP contribution >= 0.6 is 22.9 Å². The number of thiophene rings is 1. The van der Waals surface area contributed by atoms with Crippen molar-refractivity contribution in [1.82, 2.24) is 15.5 Å². The Morgan fingerprint density at radius 1 is 1.19 bits per heavy atom. The number of aromatic nitrogens is 2. The predicted molar refractivity (Wildman–Crippen MR) is 97.8 cm³/mol. The molecule has 3 aromatic rings. The van der Waals surface area contributed by atoms with E-state index >= 15 is 0 Å². The van der Waals surface area contributed by atoms with E-state index in [1.54, 1.807) is 30.3 Å². The van der Waals surface area contributed by atoms with Crippen LogP contribution in [-0.2, 0) is 6.54 Å². The summed E-state index contributed by atoms with van der Waals surface area (Å²) < 4.78 is 0. The van der Waals surface area contributed by atoms with E-state index in [0.29, 0.717) is 15.6 Å². The number of carbonyl (C=O) groups is 2. The van der Waals surface area contributed by atoms with Gasteiger partial charge in [-0.15, -0.1) is 11.3 Å². The van der Waals surface area contributed by atoms with Crippen LogP contribution in [0.2, 0.25) is 5.02 Å². The van der Waals surface area contributed by atoms with Crippen molar-refractivity contribution in [1.29, 1.82) is 0 Å². The van der Waals surface area contributed by atoms with Crippen molar-refractivity contribution in [3.63, 3.8) is 0 Å². The predicted octanol–water partition coefficient (Wildman–Crippen LogP) is 2.78. The van der Waals surface area contributed by atoms with Crippen LogP contribution in [0.4, 0.5) is 0 Å². The Hall–Kier alpha value is -2.97. The third-order valence-electron chi connectivity index (χ3n) is 3.48. The normalized spacial score (nSPS) is 10.5. The summed E-state index contributed by atoms with van der Waals surface area (Å²) in [6.07, 6.45) is 0. The zero-order valence-corrected chi connectivity index (χ0v) is 14.7. The number of aromatic carboxylic acids is 1. The van der Waals surface area contributed by atoms with Gasteiger partial charge in [0.25, 0.3) is 11.5 Å². The molecule has 0 bridgehead atoms. The first kappa shape index (κ1) is 17.8. The number of aromatic amines is 1. The summed E-state index contributed by atoms with van der Waals surface area (Å²) in [4.78, 5) is 35.9. The molecule has 9 heteroatoms. The molecule has 0 atom stereocenters. The maximum atomic E-state index is 12.3. The molecule has 0 radical (unpaired) electrons. The number of carboxylic acid groups (broad SMARTS) is 1. The number of carboxylic acids is 1. The molecule has 2 aromatic heterocycles. The van der Waals surface area contributed by atoms with Gasteiger partial charge in [-0.05, 0) is 35.9 Å². The summed E-state index contributed by atoms with van der Waals surface area (Å²) in [7, 11) is 0. The van der Waals surface area contributed by atoms with E-state index in [2.05, 4.69) is 15.5 Å². The summed E-state index contributed by atoms with van der Waals surface area (Å²) in [5.41, 5.74) is 0.420. The second-order valence-electron chi connectivity index (χ2n) is 5.27. The van der Waals surface area contributed by atoms with Crippen LogP contribution in [0.15, 0.2) is 47.3 Å². The number of benzene rings is 1. The van der Waals surface area contributed by atoms with Gasteiger partial charge in [-0.25, -0.2) is 9.89 Å². The number of hydrogen-bond acceptors (Lipinski definition) is 5. The molecule has 0 aliphatic rings. The average molecular weight is 390 g/mol. The number of H-pyrrole nitrogens is 1. The smallest absolute Gasteiger partial charge is 0.345 e. The molecular formula is C17H12ClN3O4S. The molecule has 2 heterocycles. The van der Waals surface area contributed by atoms with Gasteiger partial charge in [-0.1, -0.05) is 23.7 Å². The number of carbonyl (C=O) groups excluding carboxylic acids is 1. The molecule has 3 N–H and O–H groups in total. The average Bonchev–Trinajstić information content (AvgIpc) is 3.12. The maximum absolute atomic E-state index is 12.3. The summed E-state index contributed by atoms with van der Waals surface area (Å²) in [5.74, 6) is -1.61. The first-order chi connectivity index (χ1) is 12.4. The third-order valence-corrected chi connectivity index (χ3v) is 4.83. The van der Waals surface area contributed by atoms with Crippen molar-refractivity contribution in [2.24, 2.45) is 0 Å². The Kier molecular flexibility index (Phi) is 5.15. The summed E-state index contributed by atoms with van der Waals surface area (Å²) in [5, 5.41) is 18.4. The zero-order valence-electron chi connectivity index (χ0n) is 13.2. The monoisotopic (exact) mass is 389 g/mol. The van der Waals surface area contributed by atoms with Gasteiger partial charge in [0.05, 0.1) is 4.88 Å². The molecule has 1 amide bonds. The van der Waals surface area contributed by atoms with Crippen LogP contribution in [0.1, 0.15) is 25.6 Å². The minimum Gasteiger partial charge on any atom is -0.477 e. The molecule has 7 nitrogen and oxygen atoms in total. The van der Waals surface area contributed by atoms with Crippen molar-refractivity contribution in [3.05, 3.63) is 73.8 Å². The number of halogens is 1. The van der Waals surface area contributed by atoms with Crippen molar-refractivity contribution in [3.8, 4) is 10.6 Å². The lowest BCUT2D eigenvalue weighted by Crippen LogP contribution is -2.29. The Balaban J connectivity index is 1.80. The molecule has 26 heavy (non-hydrogen) atoms. The number of nitrogens with one attached hydrogen (secondary N) is 2. The summed E-state index contributed by atoms with van der Waals surface area (Å²) >= 11 is 6.82. The lowest BCUT2D eigenvalue weighted by molar-refractivity contribution is 0.0702. The highest BCUT2D eigenvalue weighted by Crippen LogP contribution is 2.26. The fourth-order valence-electron chi connectivity index (χ4n) is 2.17. The lowest BCUT2D eigenvalue weighted by atomic mass is 10.2. The van der Waals surface area contributed by atoms with E-state index in [1.165, 1.54) is 12.1 Å². The molecule has 0 aliphatic carbocycles. The number of hydrogen-bond donors (Lipinski definition) is 3. The van der Waals surface area contributed by atoms with Gasteiger partial charge in [-0.2, -0.15) is 5.10 Å². The zero-order chi connectivity index (χ0) is 18.7. The second kappa shape index (κ2) is 7.51. The molecular weight excluding hydrogens is 378 g/mol. The standard InChI is InChI=1S/C17H12ClN3O4S/c18-10-3-1-9(2-4-10)8-19-15(22)11-7-12(20-21-16(11)23)13-5-6-14(26-13)17(24)25/h1-7H,8H2,(H,19,22)(H,21,23)(H,24,25). The van der Waals surface area contributed by atoms with Crippen LogP contribution in [-0.4, -0.2) is 27.2 Å². The van der Waals surface area contributed by atoms with E-state index in [9.17, 15) is 14.4 Å². The molecule has 0 aliphatic heterocycles. The fraction of sp³-hybridized carbons (Fsp3) is 0.0588. The Bertz CT molecular complexity index is 1030. The van der Waals surface area contributed by atoms with Crippen molar-refractivity contribution in [2.45, 2.75) is 6.54 Å². The highest BCUT2D eigenvalue weighted by atomic mass is 35.5. The van der Waals surface area contributed by atoms with Crippen molar-refractivity contribution >= 4 is 34.8 Å². The van der Waals surface area contributed by atoms with Crippen LogP contribution < -0.4 is 10.9 Å². The largest absolute Gasteiger partial charge is 0.477 e. The lowest BCUT2D eigenvalue weighted by Gasteiger charge is -2.06. The quantitative estimate of drug-likeness (QED) is 0.621. The van der Waals surface area contributed by atoms with E-state index in [4.69, 9.17) is 16.7 Å². The van der Waals surface area contributed by atoms with Crippen LogP contribution in [0.25, 0.3) is 10.6 Å². The van der Waals surface area contributed by atoms with Gasteiger partial charge in [0.1, 0.15) is 16.1 Å². The summed E-state index contributed by atoms with van der Waals surface area (Å²) in [6.45, 7) is 0.231. The first-order valence-corrected chi connectivity index (χ1v) is 8.59. The van der Waals surface area contributed by atoms with E-state index < -0.39 is 17.4 Å². The molecule has 0 saturated carbocycles. The Labute approximate surface area is 156 Å². The second-order valence-corrected chi connectivity index (χ2v) is 6.79. The highest BCUT2D eigenvalue weighted by Gasteiger charge is 2.15. The molecule has 0 unspecified atom stereocenters. The van der Waals surface area contributed by atoms with Gasteiger partial charge in [0, 0.05) is 11.6 Å². The molecule has 3 rings (SSSR count). The molecule has 0 spiro atoms. The number of rotatable bonds is 5. The highest BCUT2D eigenvalue weighted by molar-refractivity contribution is 7.17. The van der Waals surface area contributed by atoms with E-state index in [1.807, 2.05) is 0 Å². The van der Waals surface area contributed by atoms with Gasteiger partial charge in [0.15, 0.2) is 0 Å². The van der Waals surface area contributed by atoms with Gasteiger partial charge in [0.2, 0.25) is 0 Å². The molecule has 1 aromatic carbocycles. The maximum Gasteiger partial charge on any atom is 0.345 e. The van der Waals surface area contributed by atoms with E-state index in [-0.39, 0.29) is 17.0 Å². The molecule has 0 saturated heterocycles. The SMILES string of the molecule is O=C(O)c1ccc(-c2cc(C(=O)NCc3ccc(Cl)cc3)c(=O)[nH]n2)s1. The molecule has 0 fully saturated rings. The van der Waals surface area contributed by atoms with Crippen molar-refractivity contribution < 1.29 is 14.7 Å². The van der Waals surface area contributed by atoms with Gasteiger partial charge < -0.3 is 10.4 Å². The number of amides is 1. The van der Waals surface area contributed by atoms with E-state index in [0.717, 1.165) is 16.9 Å². The minimum absolute atomic E-state index is 0.103. The van der Waals surface area contributed by atoms with Crippen LogP contribution in [0.5, 0.6) is 0 Å². The van der Waals surface area contributed by atoms with Crippen molar-refractivity contribution in [2.75, 3.05) is 0 Å². The Morgan fingerprint density at radius 2 is 1.92 bits per heavy atom. The third kappa shape index (κ3) is 3.98. The number of nitrogens with zero attached hydrogens (tertiary/aromatic N) is 1.